The Labute approximate surface area is 185 Å². The molecule has 8 heteroatoms. The van der Waals surface area contributed by atoms with Gasteiger partial charge in [0.05, 0.1) is 6.54 Å². The van der Waals surface area contributed by atoms with Crippen LogP contribution in [0.25, 0.3) is 0 Å². The number of imide groups is 1. The fourth-order valence-corrected chi connectivity index (χ4v) is 4.75. The summed E-state index contributed by atoms with van der Waals surface area (Å²) in [4.78, 5) is 35.6. The zero-order valence-corrected chi connectivity index (χ0v) is 18.7. The number of aliphatic imine (C=N–C) groups is 1. The highest BCUT2D eigenvalue weighted by molar-refractivity contribution is 8.13. The number of benzene rings is 2. The van der Waals surface area contributed by atoms with E-state index < -0.39 is 12.2 Å². The zero-order chi connectivity index (χ0) is 21.4. The van der Waals surface area contributed by atoms with Gasteiger partial charge in [0, 0.05) is 24.9 Å². The number of carbonyl (C=O) groups excluding carboxylic acids is 2. The Morgan fingerprint density at radius 3 is 2.27 bits per heavy atom. The number of likely N-dealkylation sites (N-methyl/N-ethyl adjacent to an activating group) is 2. The number of carbonyl (C=O) groups is 2. The number of halogens is 1. The van der Waals surface area contributed by atoms with E-state index in [1.807, 2.05) is 24.1 Å². The summed E-state index contributed by atoms with van der Waals surface area (Å²) in [6.07, 6.45) is -0.503. The van der Waals surface area contributed by atoms with Crippen LogP contribution in [0.5, 0.6) is 0 Å². The average Bonchev–Trinajstić information content (AvgIpc) is 3.07. The van der Waals surface area contributed by atoms with Crippen molar-refractivity contribution >= 4 is 40.5 Å². The van der Waals surface area contributed by atoms with Gasteiger partial charge >= 0.3 is 6.03 Å². The summed E-state index contributed by atoms with van der Waals surface area (Å²) in [5, 5.41) is 1.39. The van der Waals surface area contributed by atoms with Crippen LogP contribution in [-0.2, 0) is 17.1 Å². The van der Waals surface area contributed by atoms with E-state index in [0.717, 1.165) is 16.5 Å². The zero-order valence-electron chi connectivity index (χ0n) is 17.1. The molecule has 6 nitrogen and oxygen atoms in total. The van der Waals surface area contributed by atoms with E-state index in [1.165, 1.54) is 16.0 Å². The molecule has 0 aromatic heterocycles. The van der Waals surface area contributed by atoms with Crippen molar-refractivity contribution in [3.05, 3.63) is 70.2 Å². The molecule has 156 valence electrons. The van der Waals surface area contributed by atoms with Crippen molar-refractivity contribution < 1.29 is 9.59 Å². The summed E-state index contributed by atoms with van der Waals surface area (Å²) in [7, 11) is 3.57. The van der Waals surface area contributed by atoms with Crippen LogP contribution < -0.4 is 0 Å². The Bertz CT molecular complexity index is 993. The third-order valence-corrected chi connectivity index (χ3v) is 6.82. The maximum atomic E-state index is 13.2. The Kier molecular flexibility index (Phi) is 5.75. The number of amides is 3. The maximum absolute atomic E-state index is 13.2. The van der Waals surface area contributed by atoms with Gasteiger partial charge in [-0.05, 0) is 30.2 Å². The number of hydrogen-bond acceptors (Lipinski definition) is 5. The number of amidine groups is 1. The molecule has 2 atom stereocenters. The first-order chi connectivity index (χ1) is 14.3. The summed E-state index contributed by atoms with van der Waals surface area (Å²) in [6.45, 7) is 2.27. The number of hydrogen-bond donors (Lipinski definition) is 0. The molecular weight excluding hydrogens is 420 g/mol. The van der Waals surface area contributed by atoms with E-state index in [-0.39, 0.29) is 18.5 Å². The van der Waals surface area contributed by atoms with E-state index in [1.54, 1.807) is 35.8 Å². The van der Waals surface area contributed by atoms with Crippen molar-refractivity contribution in [2.24, 2.45) is 4.99 Å². The lowest BCUT2D eigenvalue weighted by Crippen LogP contribution is -2.64. The van der Waals surface area contributed by atoms with Gasteiger partial charge in [-0.25, -0.2) is 9.79 Å². The highest BCUT2D eigenvalue weighted by Gasteiger charge is 2.50. The van der Waals surface area contributed by atoms with Crippen LogP contribution in [-0.4, -0.2) is 58.1 Å². The first kappa shape index (κ1) is 20.8. The lowest BCUT2D eigenvalue weighted by Gasteiger charge is -2.40. The second kappa shape index (κ2) is 8.32. The van der Waals surface area contributed by atoms with Gasteiger partial charge in [0.25, 0.3) is 5.91 Å². The van der Waals surface area contributed by atoms with Crippen molar-refractivity contribution in [1.29, 1.82) is 0 Å². The standard InChI is InChI=1S/C22H23ClN4O2S/c1-14-4-6-16(7-5-14)13-30-21-24-19-18(25(21)2)20(28)27(22(29)26(19)3)12-15-8-10-17(23)11-9-15/h4-11,18-19H,12-13H2,1-3H3. The Balaban J connectivity index is 1.49. The van der Waals surface area contributed by atoms with E-state index in [4.69, 9.17) is 16.6 Å². The molecule has 2 aromatic carbocycles. The second-order valence-corrected chi connectivity index (χ2v) is 8.98. The summed E-state index contributed by atoms with van der Waals surface area (Å²) >= 11 is 7.53. The monoisotopic (exact) mass is 442 g/mol. The van der Waals surface area contributed by atoms with Crippen molar-refractivity contribution in [1.82, 2.24) is 14.7 Å². The summed E-state index contributed by atoms with van der Waals surface area (Å²) < 4.78 is 0. The molecule has 2 aliphatic heterocycles. The predicted octanol–water partition coefficient (Wildman–Crippen LogP) is 3.97. The van der Waals surface area contributed by atoms with Gasteiger partial charge < -0.3 is 9.80 Å². The van der Waals surface area contributed by atoms with E-state index in [9.17, 15) is 9.59 Å². The first-order valence-electron chi connectivity index (χ1n) is 9.67. The largest absolute Gasteiger partial charge is 0.339 e. The fourth-order valence-electron chi connectivity index (χ4n) is 3.63. The van der Waals surface area contributed by atoms with Crippen LogP contribution >= 0.6 is 23.4 Å². The normalized spacial score (nSPS) is 21.2. The number of aryl methyl sites for hydroxylation is 1. The molecule has 0 spiro atoms. The van der Waals surface area contributed by atoms with E-state index >= 15 is 0 Å². The van der Waals surface area contributed by atoms with Crippen molar-refractivity contribution in [3.8, 4) is 0 Å². The van der Waals surface area contributed by atoms with Crippen LogP contribution in [0.4, 0.5) is 4.79 Å². The van der Waals surface area contributed by atoms with Gasteiger partial charge in [-0.2, -0.15) is 0 Å². The van der Waals surface area contributed by atoms with Gasteiger partial charge in [-0.15, -0.1) is 0 Å². The quantitative estimate of drug-likeness (QED) is 0.718. The number of urea groups is 1. The fraction of sp³-hybridized carbons (Fsp3) is 0.318. The van der Waals surface area contributed by atoms with Crippen LogP contribution in [0.2, 0.25) is 5.02 Å². The number of thioether (sulfide) groups is 1. The predicted molar refractivity (Wildman–Crippen MR) is 120 cm³/mol. The van der Waals surface area contributed by atoms with Gasteiger partial charge in [0.2, 0.25) is 0 Å². The summed E-state index contributed by atoms with van der Waals surface area (Å²) in [5.41, 5.74) is 3.26. The van der Waals surface area contributed by atoms with Gasteiger partial charge in [-0.1, -0.05) is 65.3 Å². The number of nitrogens with zero attached hydrogens (tertiary/aromatic N) is 4. The van der Waals surface area contributed by atoms with Crippen molar-refractivity contribution in [3.63, 3.8) is 0 Å². The topological polar surface area (TPSA) is 56.2 Å². The van der Waals surface area contributed by atoms with Gasteiger partial charge in [0.15, 0.2) is 17.4 Å². The SMILES string of the molecule is Cc1ccc(CSC2=NC3C(C(=O)N(Cc4ccc(Cl)cc4)C(=O)N3C)N2C)cc1. The molecular formula is C22H23ClN4O2S. The van der Waals surface area contributed by atoms with Crippen molar-refractivity contribution in [2.45, 2.75) is 31.4 Å². The lowest BCUT2D eigenvalue weighted by atomic mass is 10.1. The first-order valence-corrected chi connectivity index (χ1v) is 11.0. The molecule has 2 unspecified atom stereocenters. The summed E-state index contributed by atoms with van der Waals surface area (Å²) in [5.74, 6) is 0.527. The smallest absolute Gasteiger partial charge is 0.328 e. The Hall–Kier alpha value is -2.51. The van der Waals surface area contributed by atoms with Crippen LogP contribution in [0.1, 0.15) is 16.7 Å². The minimum atomic E-state index is -0.513. The maximum Gasteiger partial charge on any atom is 0.328 e. The second-order valence-electron chi connectivity index (χ2n) is 7.60. The minimum Gasteiger partial charge on any atom is -0.339 e. The van der Waals surface area contributed by atoms with Crippen molar-refractivity contribution in [2.75, 3.05) is 14.1 Å². The highest BCUT2D eigenvalue weighted by atomic mass is 35.5. The van der Waals surface area contributed by atoms with Crippen LogP contribution in [0, 0.1) is 6.92 Å². The molecule has 0 N–H and O–H groups in total. The molecule has 2 aliphatic rings. The van der Waals surface area contributed by atoms with Gasteiger partial charge in [0.1, 0.15) is 0 Å². The molecule has 30 heavy (non-hydrogen) atoms. The highest BCUT2D eigenvalue weighted by Crippen LogP contribution is 2.31. The van der Waals surface area contributed by atoms with E-state index in [2.05, 4.69) is 31.2 Å². The third-order valence-electron chi connectivity index (χ3n) is 5.44. The lowest BCUT2D eigenvalue weighted by molar-refractivity contribution is -0.137. The molecule has 2 aromatic rings. The van der Waals surface area contributed by atoms with Gasteiger partial charge in [-0.3, -0.25) is 9.69 Å². The Morgan fingerprint density at radius 1 is 0.967 bits per heavy atom. The molecule has 1 saturated heterocycles. The molecule has 2 heterocycles. The van der Waals surface area contributed by atoms with E-state index in [0.29, 0.717) is 5.02 Å². The molecule has 4 rings (SSSR count). The molecule has 0 radical (unpaired) electrons. The molecule has 3 amide bonds. The molecule has 0 bridgehead atoms. The third kappa shape index (κ3) is 3.91. The van der Waals surface area contributed by atoms with Crippen LogP contribution in [0.3, 0.4) is 0 Å². The molecule has 1 fully saturated rings. The van der Waals surface area contributed by atoms with Crippen LogP contribution in [0.15, 0.2) is 53.5 Å². The summed E-state index contributed by atoms with van der Waals surface area (Å²) in [6, 6.07) is 14.7. The molecule has 0 saturated carbocycles. The minimum absolute atomic E-state index is 0.210. The number of fused-ring (bicyclic) bond motifs is 1. The Morgan fingerprint density at radius 2 is 1.60 bits per heavy atom. The molecule has 0 aliphatic carbocycles. The number of rotatable bonds is 4. The average molecular weight is 443 g/mol.